The number of aryl methyl sites for hydroxylation is 1. The third-order valence-corrected chi connectivity index (χ3v) is 17.6. The number of pyridine rings is 1. The van der Waals surface area contributed by atoms with Gasteiger partial charge in [0.1, 0.15) is 11.6 Å². The van der Waals surface area contributed by atoms with Crippen LogP contribution in [0, 0.1) is 17.7 Å². The molecule has 2 aliphatic carbocycles. The summed E-state index contributed by atoms with van der Waals surface area (Å²) in [6.07, 6.45) is 8.61. The molecule has 0 unspecified atom stereocenters. The van der Waals surface area contributed by atoms with Gasteiger partial charge in [-0.2, -0.15) is 5.10 Å². The molecule has 18 nitrogen and oxygen atoms in total. The Balaban J connectivity index is 0.668. The average molecular weight is 1060 g/mol. The Morgan fingerprint density at radius 1 is 0.905 bits per heavy atom. The van der Waals surface area contributed by atoms with Crippen LogP contribution in [0.5, 0.6) is 5.75 Å². The number of amides is 7. The van der Waals surface area contributed by atoms with Gasteiger partial charge in [0.25, 0.3) is 11.8 Å². The number of nitrogens with one attached hydrogen (secondary N) is 3. The molecule has 2 aromatic carbocycles. The second-order valence-electron chi connectivity index (χ2n) is 20.1. The van der Waals surface area contributed by atoms with Gasteiger partial charge in [0, 0.05) is 129 Å². The van der Waals surface area contributed by atoms with Crippen LogP contribution in [0.2, 0.25) is 0 Å². The fourth-order valence-electron chi connectivity index (χ4n) is 10.1. The summed E-state index contributed by atoms with van der Waals surface area (Å²) in [5.74, 6) is -1.08. The Bertz CT molecular complexity index is 2570. The van der Waals surface area contributed by atoms with Gasteiger partial charge in [-0.05, 0) is 106 Å². The van der Waals surface area contributed by atoms with Gasteiger partial charge in [-0.25, -0.2) is 19.4 Å². The molecule has 3 aliphatic heterocycles. The summed E-state index contributed by atoms with van der Waals surface area (Å²) < 4.78 is 20.6. The number of nitrogens with zero attached hydrogens (tertiary/aromatic N) is 6. The van der Waals surface area contributed by atoms with Crippen molar-refractivity contribution in [2.45, 2.75) is 115 Å². The van der Waals surface area contributed by atoms with Crippen LogP contribution < -0.4 is 20.8 Å². The van der Waals surface area contributed by atoms with Crippen LogP contribution in [0.1, 0.15) is 113 Å². The first-order valence-electron chi connectivity index (χ1n) is 25.6. The Labute approximate surface area is 439 Å². The largest absolute Gasteiger partial charge is 0.494 e. The molecule has 396 valence electrons. The van der Waals surface area contributed by atoms with E-state index in [1.54, 1.807) is 51.0 Å². The molecule has 4 fully saturated rings. The number of hydroxylamine groups is 2. The molecule has 3 atom stereocenters. The number of anilines is 1. The van der Waals surface area contributed by atoms with E-state index in [9.17, 15) is 33.6 Å². The standard InChI is InChI=1S/C53H66FN9O9S2/c1-34-49(37-8-5-20-55-32-37)50(34)51(69)57-38-12-11-36(42(54)30-38)33-56-52(70)62-21-17-39(18-22-62)60-23-25-61(26-24-60)45(65)19-28-73-74-53(2,3)31-44(64)59-58-43-9-4-7-35-29-40(13-14-41(35)43)71-27-6-10-48(68)72-63-46(66)15-16-47(63)67/h5,8,11-14,20,29-30,32,34,39,49-50H,4,6-7,9-10,15-19,21-28,31,33H2,1-3H3,(H,56,70)(H,57,69)(H,59,64)/b58-43+/t34-,49-,50+/m1/s1. The molecular weight excluding hydrogens is 990 g/mol. The minimum Gasteiger partial charge on any atom is -0.494 e. The van der Waals surface area contributed by atoms with Crippen molar-refractivity contribution in [3.05, 3.63) is 89.0 Å². The quantitative estimate of drug-likeness (QED) is 0.0473. The predicted molar refractivity (Wildman–Crippen MR) is 279 cm³/mol. The number of hydrogen-bond acceptors (Lipinski definition) is 14. The molecule has 8 rings (SSSR count). The molecule has 7 amide bonds. The molecule has 0 radical (unpaired) electrons. The predicted octanol–water partition coefficient (Wildman–Crippen LogP) is 6.59. The van der Waals surface area contributed by atoms with Crippen molar-refractivity contribution in [2.24, 2.45) is 16.9 Å². The molecule has 3 aromatic rings. The number of imide groups is 1. The average Bonchev–Trinajstić information content (AvgIpc) is 3.98. The number of likely N-dealkylation sites (tertiary alicyclic amines) is 1. The number of piperidine rings is 1. The van der Waals surface area contributed by atoms with E-state index in [1.807, 2.05) is 56.0 Å². The molecule has 0 bridgehead atoms. The monoisotopic (exact) mass is 1060 g/mol. The number of benzene rings is 2. The minimum atomic E-state index is -0.665. The molecule has 5 aliphatic rings. The van der Waals surface area contributed by atoms with E-state index in [0.29, 0.717) is 72.9 Å². The number of carbonyl (C=O) groups excluding carboxylic acids is 7. The Morgan fingerprint density at radius 3 is 2.41 bits per heavy atom. The van der Waals surface area contributed by atoms with E-state index in [1.165, 1.54) is 6.07 Å². The maximum Gasteiger partial charge on any atom is 0.333 e. The lowest BCUT2D eigenvalue weighted by atomic mass is 9.90. The highest BCUT2D eigenvalue weighted by molar-refractivity contribution is 8.77. The lowest BCUT2D eigenvalue weighted by molar-refractivity contribution is -0.197. The number of halogens is 1. The van der Waals surface area contributed by atoms with Crippen molar-refractivity contribution >= 4 is 74.5 Å². The summed E-state index contributed by atoms with van der Waals surface area (Å²) in [4.78, 5) is 103. The van der Waals surface area contributed by atoms with Gasteiger partial charge in [-0.3, -0.25) is 33.9 Å². The van der Waals surface area contributed by atoms with Crippen LogP contribution in [0.15, 0.2) is 66.0 Å². The van der Waals surface area contributed by atoms with Crippen molar-refractivity contribution in [2.75, 3.05) is 56.9 Å². The van der Waals surface area contributed by atoms with Gasteiger partial charge in [-0.15, -0.1) is 5.06 Å². The highest BCUT2D eigenvalue weighted by Gasteiger charge is 2.52. The maximum absolute atomic E-state index is 15.1. The lowest BCUT2D eigenvalue weighted by Gasteiger charge is -2.42. The summed E-state index contributed by atoms with van der Waals surface area (Å²) in [5, 5.41) is 10.8. The molecule has 3 saturated heterocycles. The molecule has 4 heterocycles. The fraction of sp³-hybridized carbons (Fsp3) is 0.528. The van der Waals surface area contributed by atoms with Crippen LogP contribution in [0.25, 0.3) is 0 Å². The van der Waals surface area contributed by atoms with Crippen molar-refractivity contribution in [3.8, 4) is 5.75 Å². The number of hydrazone groups is 1. The minimum absolute atomic E-state index is 0.00552. The van der Waals surface area contributed by atoms with Crippen molar-refractivity contribution in [3.63, 3.8) is 0 Å². The number of hydrogen-bond donors (Lipinski definition) is 3. The van der Waals surface area contributed by atoms with Gasteiger partial charge in [0.15, 0.2) is 0 Å². The number of aromatic nitrogens is 1. The van der Waals surface area contributed by atoms with E-state index >= 15 is 4.39 Å². The van der Waals surface area contributed by atoms with Gasteiger partial charge >= 0.3 is 12.0 Å². The van der Waals surface area contributed by atoms with Crippen molar-refractivity contribution in [1.29, 1.82) is 0 Å². The maximum atomic E-state index is 15.1. The lowest BCUT2D eigenvalue weighted by Crippen LogP contribution is -2.55. The van der Waals surface area contributed by atoms with E-state index in [0.717, 1.165) is 67.6 Å². The van der Waals surface area contributed by atoms with E-state index in [2.05, 4.69) is 31.0 Å². The second kappa shape index (κ2) is 25.0. The number of urea groups is 1. The summed E-state index contributed by atoms with van der Waals surface area (Å²) in [5.41, 5.74) is 7.29. The van der Waals surface area contributed by atoms with Crippen LogP contribution in [-0.4, -0.2) is 134 Å². The smallest absolute Gasteiger partial charge is 0.333 e. The van der Waals surface area contributed by atoms with E-state index < -0.39 is 28.3 Å². The molecule has 74 heavy (non-hydrogen) atoms. The topological polar surface area (TPSA) is 212 Å². The molecule has 0 spiro atoms. The van der Waals surface area contributed by atoms with E-state index in [-0.39, 0.29) is 80.3 Å². The third kappa shape index (κ3) is 14.4. The van der Waals surface area contributed by atoms with Gasteiger partial charge in [0.2, 0.25) is 17.7 Å². The first-order valence-corrected chi connectivity index (χ1v) is 28.0. The van der Waals surface area contributed by atoms with Crippen molar-refractivity contribution < 1.29 is 47.5 Å². The summed E-state index contributed by atoms with van der Waals surface area (Å²) >= 11 is 0. The number of ether oxygens (including phenoxy) is 1. The van der Waals surface area contributed by atoms with Gasteiger partial charge in [-0.1, -0.05) is 40.6 Å². The number of piperazine rings is 1. The van der Waals surface area contributed by atoms with Crippen LogP contribution >= 0.6 is 21.6 Å². The Hall–Kier alpha value is -6.06. The fourth-order valence-corrected chi connectivity index (χ4v) is 12.6. The van der Waals surface area contributed by atoms with Crippen LogP contribution in [-0.2, 0) is 46.6 Å². The third-order valence-electron chi connectivity index (χ3n) is 14.3. The van der Waals surface area contributed by atoms with Crippen LogP contribution in [0.3, 0.4) is 0 Å². The van der Waals surface area contributed by atoms with Crippen LogP contribution in [0.4, 0.5) is 14.9 Å². The highest BCUT2D eigenvalue weighted by atomic mass is 33.1. The zero-order chi connectivity index (χ0) is 52.4. The van der Waals surface area contributed by atoms with Crippen molar-refractivity contribution in [1.82, 2.24) is 35.5 Å². The normalized spacial score (nSPS) is 20.8. The first kappa shape index (κ1) is 54.2. The van der Waals surface area contributed by atoms with E-state index in [4.69, 9.17) is 9.57 Å². The Kier molecular flexibility index (Phi) is 18.3. The molecule has 1 aromatic heterocycles. The molecule has 3 N–H and O–H groups in total. The molecular formula is C53H66FN9O9S2. The SMILES string of the molecule is C[C@H]1[C@H](C(=O)Nc2ccc(CNC(=O)N3CCC(N4CCN(C(=O)CCSSC(C)(C)CC(=O)N/N=C5\CCCc6cc(OCCCC(=O)ON7C(=O)CCC7=O)ccc65)CC4)CC3)c(F)c2)[C@H]1c1cccnc1. The number of fused-ring (bicyclic) bond motifs is 1. The zero-order valence-corrected chi connectivity index (χ0v) is 43.9. The number of carbonyl (C=O) groups is 7. The summed E-state index contributed by atoms with van der Waals surface area (Å²) in [6.45, 7) is 10.3. The highest BCUT2D eigenvalue weighted by Crippen LogP contribution is 2.54. The second-order valence-corrected chi connectivity index (χ2v) is 23.3. The first-order chi connectivity index (χ1) is 35.6. The van der Waals surface area contributed by atoms with Gasteiger partial charge in [0.05, 0.1) is 18.7 Å². The summed E-state index contributed by atoms with van der Waals surface area (Å²) in [7, 11) is 3.18. The summed E-state index contributed by atoms with van der Waals surface area (Å²) in [6, 6.07) is 14.2. The molecule has 21 heteroatoms. The molecule has 1 saturated carbocycles. The zero-order valence-electron chi connectivity index (χ0n) is 42.3. The number of rotatable bonds is 20. The Morgan fingerprint density at radius 2 is 1.68 bits per heavy atom. The van der Waals surface area contributed by atoms with Gasteiger partial charge < -0.3 is 30.0 Å².